The van der Waals surface area contributed by atoms with Crippen molar-refractivity contribution in [3.05, 3.63) is 24.2 Å². The van der Waals surface area contributed by atoms with Crippen LogP contribution in [0.15, 0.2) is 22.8 Å². The van der Waals surface area contributed by atoms with Gasteiger partial charge >= 0.3 is 0 Å². The zero-order chi connectivity index (χ0) is 16.0. The van der Waals surface area contributed by atoms with Gasteiger partial charge in [0.25, 0.3) is 0 Å². The molecule has 1 aromatic rings. The molecule has 7 nitrogen and oxygen atoms in total. The second kappa shape index (κ2) is 7.75. The summed E-state index contributed by atoms with van der Waals surface area (Å²) in [5.74, 6) is 0.369. The minimum Gasteiger partial charge on any atom is -0.468 e. The van der Waals surface area contributed by atoms with E-state index in [9.17, 15) is 13.2 Å². The van der Waals surface area contributed by atoms with Gasteiger partial charge in [-0.1, -0.05) is 0 Å². The average Bonchev–Trinajstić information content (AvgIpc) is 3.12. The van der Waals surface area contributed by atoms with Crippen molar-refractivity contribution in [2.75, 3.05) is 26.0 Å². The largest absolute Gasteiger partial charge is 0.468 e. The summed E-state index contributed by atoms with van der Waals surface area (Å²) >= 11 is 0. The van der Waals surface area contributed by atoms with Crippen LogP contribution in [0.5, 0.6) is 0 Å². The van der Waals surface area contributed by atoms with Gasteiger partial charge < -0.3 is 14.5 Å². The topological polar surface area (TPSA) is 88.9 Å². The summed E-state index contributed by atoms with van der Waals surface area (Å²) in [5, 5.41) is 2.78. The lowest BCUT2D eigenvalue weighted by atomic mass is 10.2. The Morgan fingerprint density at radius 3 is 2.91 bits per heavy atom. The molecule has 1 amide bonds. The molecule has 1 fully saturated rings. The Morgan fingerprint density at radius 1 is 1.50 bits per heavy atom. The van der Waals surface area contributed by atoms with Gasteiger partial charge in [0.1, 0.15) is 5.76 Å². The predicted octanol–water partition coefficient (Wildman–Crippen LogP) is 0.727. The summed E-state index contributed by atoms with van der Waals surface area (Å²) in [7, 11) is -3.40. The maximum atomic E-state index is 11.8. The number of furan rings is 1. The van der Waals surface area contributed by atoms with Gasteiger partial charge in [-0.3, -0.25) is 4.79 Å². The second-order valence-corrected chi connectivity index (χ2v) is 7.35. The minimum atomic E-state index is -3.40. The molecule has 1 N–H and O–H groups in total. The summed E-state index contributed by atoms with van der Waals surface area (Å²) in [6, 6.07) is 3.40. The van der Waals surface area contributed by atoms with Crippen LogP contribution in [0.1, 0.15) is 25.0 Å². The molecule has 0 bridgehead atoms. The SMILES string of the molecule is CS(=O)(=O)N(CCC(=O)NCC1CCCO1)Cc1ccco1. The lowest BCUT2D eigenvalue weighted by Gasteiger charge is -2.18. The van der Waals surface area contributed by atoms with Crippen molar-refractivity contribution >= 4 is 15.9 Å². The Bertz CT molecular complexity index is 564. The van der Waals surface area contributed by atoms with Crippen molar-refractivity contribution in [1.82, 2.24) is 9.62 Å². The van der Waals surface area contributed by atoms with Crippen LogP contribution in [0.3, 0.4) is 0 Å². The van der Waals surface area contributed by atoms with Crippen LogP contribution >= 0.6 is 0 Å². The van der Waals surface area contributed by atoms with Crippen molar-refractivity contribution < 1.29 is 22.4 Å². The molecule has 2 rings (SSSR count). The number of hydrogen-bond acceptors (Lipinski definition) is 5. The molecule has 0 saturated carbocycles. The highest BCUT2D eigenvalue weighted by Gasteiger charge is 2.20. The van der Waals surface area contributed by atoms with Crippen LogP contribution in [0.4, 0.5) is 0 Å². The van der Waals surface area contributed by atoms with Gasteiger partial charge in [0, 0.05) is 26.1 Å². The molecule has 0 aromatic carbocycles. The van der Waals surface area contributed by atoms with Gasteiger partial charge in [0.05, 0.1) is 25.2 Å². The van der Waals surface area contributed by atoms with Gasteiger partial charge in [0.2, 0.25) is 15.9 Å². The fourth-order valence-electron chi connectivity index (χ4n) is 2.29. The Hall–Kier alpha value is -1.38. The molecular weight excluding hydrogens is 308 g/mol. The zero-order valence-electron chi connectivity index (χ0n) is 12.7. The zero-order valence-corrected chi connectivity index (χ0v) is 13.5. The van der Waals surface area contributed by atoms with E-state index in [-0.39, 0.29) is 31.5 Å². The summed E-state index contributed by atoms with van der Waals surface area (Å²) in [5.41, 5.74) is 0. The van der Waals surface area contributed by atoms with Crippen molar-refractivity contribution in [3.8, 4) is 0 Å². The van der Waals surface area contributed by atoms with Crippen LogP contribution in [0.2, 0.25) is 0 Å². The molecule has 1 saturated heterocycles. The molecular formula is C14H22N2O5S. The molecule has 0 aliphatic carbocycles. The van der Waals surface area contributed by atoms with Gasteiger partial charge in [-0.2, -0.15) is 4.31 Å². The number of carbonyl (C=O) groups excluding carboxylic acids is 1. The van der Waals surface area contributed by atoms with Gasteiger partial charge in [-0.15, -0.1) is 0 Å². The smallest absolute Gasteiger partial charge is 0.221 e. The molecule has 2 heterocycles. The molecule has 1 unspecified atom stereocenters. The first-order chi connectivity index (χ1) is 10.4. The average molecular weight is 330 g/mol. The summed E-state index contributed by atoms with van der Waals surface area (Å²) in [6.45, 7) is 1.48. The normalized spacial score (nSPS) is 18.7. The third-order valence-corrected chi connectivity index (χ3v) is 4.77. The molecule has 0 radical (unpaired) electrons. The first kappa shape index (κ1) is 17.0. The van der Waals surface area contributed by atoms with Crippen LogP contribution in [0.25, 0.3) is 0 Å². The lowest BCUT2D eigenvalue weighted by molar-refractivity contribution is -0.121. The van der Waals surface area contributed by atoms with Crippen LogP contribution in [0, 0.1) is 0 Å². The second-order valence-electron chi connectivity index (χ2n) is 5.37. The molecule has 8 heteroatoms. The predicted molar refractivity (Wildman–Crippen MR) is 80.6 cm³/mol. The highest BCUT2D eigenvalue weighted by atomic mass is 32.2. The van der Waals surface area contributed by atoms with Gasteiger partial charge in [-0.05, 0) is 25.0 Å². The standard InChI is InChI=1S/C14H22N2O5S/c1-22(18,19)16(11-13-5-3-9-21-13)7-6-14(17)15-10-12-4-2-8-20-12/h3,5,9,12H,2,4,6-8,10-11H2,1H3,(H,15,17). The van der Waals surface area contributed by atoms with Crippen LogP contribution in [-0.2, 0) is 26.1 Å². The third-order valence-electron chi connectivity index (χ3n) is 3.52. The van der Waals surface area contributed by atoms with Crippen molar-refractivity contribution in [3.63, 3.8) is 0 Å². The number of ether oxygens (including phenoxy) is 1. The van der Waals surface area contributed by atoms with E-state index in [1.54, 1.807) is 12.1 Å². The number of hydrogen-bond donors (Lipinski definition) is 1. The van der Waals surface area contributed by atoms with E-state index in [2.05, 4.69) is 5.32 Å². The number of sulfonamides is 1. The Kier molecular flexibility index (Phi) is 5.98. The van der Waals surface area contributed by atoms with E-state index in [0.29, 0.717) is 12.3 Å². The summed E-state index contributed by atoms with van der Waals surface area (Å²) in [6.07, 6.45) is 4.78. The fourth-order valence-corrected chi connectivity index (χ4v) is 3.07. The number of nitrogens with one attached hydrogen (secondary N) is 1. The van der Waals surface area contributed by atoms with E-state index in [1.807, 2.05) is 0 Å². The Morgan fingerprint density at radius 2 is 2.32 bits per heavy atom. The maximum absolute atomic E-state index is 11.8. The third kappa shape index (κ3) is 5.43. The molecule has 1 aromatic heterocycles. The molecule has 22 heavy (non-hydrogen) atoms. The first-order valence-electron chi connectivity index (χ1n) is 7.31. The highest BCUT2D eigenvalue weighted by molar-refractivity contribution is 7.88. The van der Waals surface area contributed by atoms with E-state index in [0.717, 1.165) is 25.7 Å². The van der Waals surface area contributed by atoms with Gasteiger partial charge in [-0.25, -0.2) is 8.42 Å². The molecule has 0 spiro atoms. The van der Waals surface area contributed by atoms with Crippen molar-refractivity contribution in [2.24, 2.45) is 0 Å². The number of amides is 1. The number of carbonyl (C=O) groups is 1. The van der Waals surface area contributed by atoms with Crippen molar-refractivity contribution in [1.29, 1.82) is 0 Å². The first-order valence-corrected chi connectivity index (χ1v) is 9.16. The summed E-state index contributed by atoms with van der Waals surface area (Å²) < 4.78 is 35.4. The Labute approximate surface area is 130 Å². The van der Waals surface area contributed by atoms with E-state index in [1.165, 1.54) is 10.6 Å². The summed E-state index contributed by atoms with van der Waals surface area (Å²) in [4.78, 5) is 11.8. The molecule has 124 valence electrons. The highest BCUT2D eigenvalue weighted by Crippen LogP contribution is 2.11. The van der Waals surface area contributed by atoms with E-state index in [4.69, 9.17) is 9.15 Å². The van der Waals surface area contributed by atoms with Gasteiger partial charge in [0.15, 0.2) is 0 Å². The quantitative estimate of drug-likeness (QED) is 0.759. The van der Waals surface area contributed by atoms with Crippen LogP contribution in [-0.4, -0.2) is 50.7 Å². The van der Waals surface area contributed by atoms with E-state index >= 15 is 0 Å². The molecule has 1 aliphatic heterocycles. The molecule has 1 atom stereocenters. The van der Waals surface area contributed by atoms with Crippen molar-refractivity contribution in [2.45, 2.75) is 31.9 Å². The Balaban J connectivity index is 1.78. The van der Waals surface area contributed by atoms with Crippen LogP contribution < -0.4 is 5.32 Å². The maximum Gasteiger partial charge on any atom is 0.221 e. The fraction of sp³-hybridized carbons (Fsp3) is 0.643. The lowest BCUT2D eigenvalue weighted by Crippen LogP contribution is -2.36. The molecule has 1 aliphatic rings. The number of nitrogens with zero attached hydrogens (tertiary/aromatic N) is 1. The monoisotopic (exact) mass is 330 g/mol. The number of rotatable bonds is 8. The minimum absolute atomic E-state index is 0.0816. The van der Waals surface area contributed by atoms with E-state index < -0.39 is 10.0 Å².